The first-order valence-electron chi connectivity index (χ1n) is 8.15. The van der Waals surface area contributed by atoms with Gasteiger partial charge in [0.1, 0.15) is 0 Å². The maximum atomic E-state index is 11.6. The molecule has 1 heterocycles. The number of carboxylic acid groups (broad SMARTS) is 1. The van der Waals surface area contributed by atoms with Gasteiger partial charge in [0, 0.05) is 6.04 Å². The minimum Gasteiger partial charge on any atom is -0.481 e. The third-order valence-electron chi connectivity index (χ3n) is 5.28. The fourth-order valence-corrected chi connectivity index (χ4v) is 3.99. The van der Waals surface area contributed by atoms with E-state index < -0.39 is 11.4 Å². The van der Waals surface area contributed by atoms with E-state index >= 15 is 0 Å². The molecule has 0 spiro atoms. The average molecular weight is 267 g/mol. The van der Waals surface area contributed by atoms with Gasteiger partial charge in [0.25, 0.3) is 0 Å². The van der Waals surface area contributed by atoms with Crippen molar-refractivity contribution < 1.29 is 9.90 Å². The van der Waals surface area contributed by atoms with E-state index in [4.69, 9.17) is 0 Å². The van der Waals surface area contributed by atoms with Crippen LogP contribution in [0.2, 0.25) is 0 Å². The van der Waals surface area contributed by atoms with Crippen molar-refractivity contribution >= 4 is 5.97 Å². The van der Waals surface area contributed by atoms with E-state index in [0.717, 1.165) is 44.8 Å². The first-order chi connectivity index (χ1) is 9.18. The molecule has 2 rings (SSSR count). The summed E-state index contributed by atoms with van der Waals surface area (Å²) in [7, 11) is 0. The number of nitrogens with zero attached hydrogens (tertiary/aromatic N) is 1. The smallest absolute Gasteiger partial charge is 0.309 e. The third kappa shape index (κ3) is 3.50. The van der Waals surface area contributed by atoms with Crippen LogP contribution >= 0.6 is 0 Å². The molecule has 19 heavy (non-hydrogen) atoms. The van der Waals surface area contributed by atoms with Crippen LogP contribution in [-0.4, -0.2) is 35.1 Å². The summed E-state index contributed by atoms with van der Waals surface area (Å²) in [6, 6.07) is 0.732. The Kier molecular flexibility index (Phi) is 5.26. The van der Waals surface area contributed by atoms with E-state index in [1.807, 2.05) is 0 Å². The molecule has 1 aliphatic carbocycles. The molecule has 0 aromatic carbocycles. The third-order valence-corrected chi connectivity index (χ3v) is 5.28. The molecular weight excluding hydrogens is 238 g/mol. The summed E-state index contributed by atoms with van der Waals surface area (Å²) in [4.78, 5) is 14.2. The van der Waals surface area contributed by atoms with Gasteiger partial charge in [-0.05, 0) is 45.2 Å². The van der Waals surface area contributed by atoms with Gasteiger partial charge >= 0.3 is 5.97 Å². The largest absolute Gasteiger partial charge is 0.481 e. The van der Waals surface area contributed by atoms with Crippen molar-refractivity contribution in [3.05, 3.63) is 0 Å². The molecule has 1 aliphatic heterocycles. The lowest BCUT2D eigenvalue weighted by Gasteiger charge is -2.42. The van der Waals surface area contributed by atoms with Crippen molar-refractivity contribution in [2.75, 3.05) is 13.1 Å². The molecular formula is C16H29NO2. The Morgan fingerprint density at radius 3 is 2.21 bits per heavy atom. The Morgan fingerprint density at radius 1 is 1.16 bits per heavy atom. The number of hydrogen-bond acceptors (Lipinski definition) is 2. The summed E-state index contributed by atoms with van der Waals surface area (Å²) >= 11 is 0. The highest BCUT2D eigenvalue weighted by Gasteiger charge is 2.41. The van der Waals surface area contributed by atoms with Crippen LogP contribution in [0.1, 0.15) is 71.1 Å². The van der Waals surface area contributed by atoms with Gasteiger partial charge in [-0.25, -0.2) is 0 Å². The molecule has 0 radical (unpaired) electrons. The molecule has 0 amide bonds. The average Bonchev–Trinajstić information content (AvgIpc) is 2.68. The van der Waals surface area contributed by atoms with Crippen molar-refractivity contribution in [3.63, 3.8) is 0 Å². The molecule has 3 nitrogen and oxygen atoms in total. The Bertz CT molecular complexity index is 287. The van der Waals surface area contributed by atoms with E-state index in [1.54, 1.807) is 0 Å². The van der Waals surface area contributed by atoms with Gasteiger partial charge in [0.2, 0.25) is 0 Å². The molecule has 1 saturated heterocycles. The predicted octanol–water partition coefficient (Wildman–Crippen LogP) is 3.68. The summed E-state index contributed by atoms with van der Waals surface area (Å²) in [6.45, 7) is 4.09. The Morgan fingerprint density at radius 2 is 1.74 bits per heavy atom. The summed E-state index contributed by atoms with van der Waals surface area (Å²) in [6.07, 6.45) is 11.7. The minimum absolute atomic E-state index is 0.421. The van der Waals surface area contributed by atoms with Crippen LogP contribution < -0.4 is 0 Å². The van der Waals surface area contributed by atoms with E-state index in [-0.39, 0.29) is 0 Å². The molecule has 1 N–H and O–H groups in total. The van der Waals surface area contributed by atoms with Crippen LogP contribution in [-0.2, 0) is 4.79 Å². The van der Waals surface area contributed by atoms with Crippen LogP contribution in [0.5, 0.6) is 0 Å². The number of carboxylic acids is 1. The highest BCUT2D eigenvalue weighted by atomic mass is 16.4. The van der Waals surface area contributed by atoms with Gasteiger partial charge in [0.05, 0.1) is 5.41 Å². The van der Waals surface area contributed by atoms with Crippen LogP contribution in [0, 0.1) is 5.41 Å². The number of carbonyl (C=O) groups is 1. The van der Waals surface area contributed by atoms with E-state index in [0.29, 0.717) is 0 Å². The summed E-state index contributed by atoms with van der Waals surface area (Å²) in [5, 5.41) is 9.54. The van der Waals surface area contributed by atoms with Crippen molar-refractivity contribution in [2.24, 2.45) is 5.41 Å². The lowest BCUT2D eigenvalue weighted by molar-refractivity contribution is -0.153. The fraction of sp³-hybridized carbons (Fsp3) is 0.938. The standard InChI is InChI=1S/C16H29NO2/c1-2-9-16(15(18)19)10-12-17(13-11-16)14-7-5-3-4-6-8-14/h14H,2-13H2,1H3,(H,18,19). The van der Waals surface area contributed by atoms with Crippen molar-refractivity contribution in [1.29, 1.82) is 0 Å². The second-order valence-electron chi connectivity index (χ2n) is 6.52. The maximum absolute atomic E-state index is 11.6. The fourth-order valence-electron chi connectivity index (χ4n) is 3.99. The maximum Gasteiger partial charge on any atom is 0.309 e. The Balaban J connectivity index is 1.91. The second-order valence-corrected chi connectivity index (χ2v) is 6.52. The van der Waals surface area contributed by atoms with Gasteiger partial charge < -0.3 is 10.0 Å². The molecule has 2 aliphatic rings. The molecule has 2 fully saturated rings. The van der Waals surface area contributed by atoms with Crippen molar-refractivity contribution in [2.45, 2.75) is 77.2 Å². The number of likely N-dealkylation sites (tertiary alicyclic amines) is 1. The molecule has 1 saturated carbocycles. The predicted molar refractivity (Wildman–Crippen MR) is 77.3 cm³/mol. The number of piperidine rings is 1. The first kappa shape index (κ1) is 14.8. The lowest BCUT2D eigenvalue weighted by Crippen LogP contribution is -2.48. The lowest BCUT2D eigenvalue weighted by atomic mass is 9.74. The molecule has 3 heteroatoms. The van der Waals surface area contributed by atoms with Gasteiger partial charge in [0.15, 0.2) is 0 Å². The van der Waals surface area contributed by atoms with E-state index in [9.17, 15) is 9.90 Å². The van der Waals surface area contributed by atoms with Crippen LogP contribution in [0.25, 0.3) is 0 Å². The summed E-state index contributed by atoms with van der Waals surface area (Å²) in [5.41, 5.74) is -0.421. The minimum atomic E-state index is -0.560. The van der Waals surface area contributed by atoms with Crippen molar-refractivity contribution in [1.82, 2.24) is 4.90 Å². The van der Waals surface area contributed by atoms with E-state index in [1.165, 1.54) is 38.5 Å². The molecule has 110 valence electrons. The van der Waals surface area contributed by atoms with Crippen LogP contribution in [0.15, 0.2) is 0 Å². The summed E-state index contributed by atoms with van der Waals surface area (Å²) < 4.78 is 0. The van der Waals surface area contributed by atoms with Gasteiger partial charge in [-0.3, -0.25) is 4.79 Å². The first-order valence-corrected chi connectivity index (χ1v) is 8.15. The number of rotatable bonds is 4. The van der Waals surface area contributed by atoms with Gasteiger partial charge in [-0.1, -0.05) is 39.0 Å². The molecule has 0 aromatic heterocycles. The molecule has 0 atom stereocenters. The zero-order valence-electron chi connectivity index (χ0n) is 12.4. The van der Waals surface area contributed by atoms with E-state index in [2.05, 4.69) is 11.8 Å². The quantitative estimate of drug-likeness (QED) is 0.790. The van der Waals surface area contributed by atoms with Crippen LogP contribution in [0.4, 0.5) is 0 Å². The topological polar surface area (TPSA) is 40.5 Å². The van der Waals surface area contributed by atoms with Crippen LogP contribution in [0.3, 0.4) is 0 Å². The van der Waals surface area contributed by atoms with Crippen molar-refractivity contribution in [3.8, 4) is 0 Å². The number of aliphatic carboxylic acids is 1. The molecule has 0 bridgehead atoms. The van der Waals surface area contributed by atoms with Gasteiger partial charge in [-0.2, -0.15) is 0 Å². The molecule has 0 unspecified atom stereocenters. The normalized spacial score (nSPS) is 25.9. The van der Waals surface area contributed by atoms with Gasteiger partial charge in [-0.15, -0.1) is 0 Å². The Labute approximate surface area is 117 Å². The summed E-state index contributed by atoms with van der Waals surface area (Å²) in [5.74, 6) is -0.560. The Hall–Kier alpha value is -0.570. The molecule has 0 aromatic rings. The highest BCUT2D eigenvalue weighted by molar-refractivity contribution is 5.74. The monoisotopic (exact) mass is 267 g/mol. The zero-order valence-corrected chi connectivity index (χ0v) is 12.4. The zero-order chi connectivity index (χ0) is 13.7. The number of hydrogen-bond donors (Lipinski definition) is 1. The SMILES string of the molecule is CCCC1(C(=O)O)CCN(C2CCCCCC2)CC1. The highest BCUT2D eigenvalue weighted by Crippen LogP contribution is 2.38. The second kappa shape index (κ2) is 6.74.